The van der Waals surface area contributed by atoms with Crippen LogP contribution in [0.3, 0.4) is 0 Å². The van der Waals surface area contributed by atoms with Crippen molar-refractivity contribution in [3.63, 3.8) is 0 Å². The molecule has 8 heteroatoms. The molecule has 0 fully saturated rings. The van der Waals surface area contributed by atoms with Gasteiger partial charge in [0.1, 0.15) is 12.5 Å². The number of nitrogens with zero attached hydrogens (tertiary/aromatic N) is 3. The van der Waals surface area contributed by atoms with Crippen LogP contribution in [0.15, 0.2) is 67.0 Å². The third kappa shape index (κ3) is 4.21. The number of para-hydroxylation sites is 1. The van der Waals surface area contributed by atoms with Crippen LogP contribution in [-0.2, 0) is 0 Å². The fraction of sp³-hybridized carbons (Fsp3) is 0.0909. The number of pyridine rings is 1. The van der Waals surface area contributed by atoms with Crippen LogP contribution >= 0.6 is 11.6 Å². The van der Waals surface area contributed by atoms with Crippen molar-refractivity contribution < 1.29 is 9.18 Å². The van der Waals surface area contributed by atoms with E-state index in [4.69, 9.17) is 11.6 Å². The van der Waals surface area contributed by atoms with Crippen LogP contribution in [0.4, 0.5) is 15.9 Å². The number of amides is 1. The quantitative estimate of drug-likeness (QED) is 0.468. The van der Waals surface area contributed by atoms with E-state index in [1.54, 1.807) is 48.8 Å². The molecule has 2 aromatic heterocycles. The largest absolute Gasteiger partial charge is 0.349 e. The molecule has 150 valence electrons. The number of carbonyl (C=O) groups is 1. The van der Waals surface area contributed by atoms with Gasteiger partial charge in [-0.25, -0.2) is 14.4 Å². The number of hydrogen-bond acceptors (Lipinski definition) is 5. The highest BCUT2D eigenvalue weighted by Gasteiger charge is 2.15. The molecule has 2 aromatic carbocycles. The number of nitrogens with one attached hydrogen (secondary N) is 2. The molecule has 0 aliphatic carbocycles. The van der Waals surface area contributed by atoms with Gasteiger partial charge in [-0.2, -0.15) is 0 Å². The number of aromatic nitrogens is 3. The highest BCUT2D eigenvalue weighted by atomic mass is 35.5. The van der Waals surface area contributed by atoms with E-state index in [0.717, 1.165) is 5.56 Å². The summed E-state index contributed by atoms with van der Waals surface area (Å²) in [6.45, 7) is -0.685. The Morgan fingerprint density at radius 3 is 2.73 bits per heavy atom. The number of benzene rings is 2. The molecule has 4 aromatic rings. The van der Waals surface area contributed by atoms with Crippen molar-refractivity contribution in [3.8, 4) is 11.4 Å². The monoisotopic (exact) mass is 421 g/mol. The molecule has 0 saturated heterocycles. The van der Waals surface area contributed by atoms with Crippen LogP contribution in [0.5, 0.6) is 0 Å². The fourth-order valence-corrected chi connectivity index (χ4v) is 3.17. The minimum atomic E-state index is -0.634. The topological polar surface area (TPSA) is 79.8 Å². The predicted octanol–water partition coefficient (Wildman–Crippen LogP) is 4.79. The lowest BCUT2D eigenvalue weighted by atomic mass is 10.1. The van der Waals surface area contributed by atoms with Crippen molar-refractivity contribution >= 4 is 39.9 Å². The van der Waals surface area contributed by atoms with Gasteiger partial charge < -0.3 is 10.6 Å². The van der Waals surface area contributed by atoms with Crippen LogP contribution in [-0.4, -0.2) is 34.1 Å². The Kier molecular flexibility index (Phi) is 5.81. The van der Waals surface area contributed by atoms with E-state index >= 15 is 0 Å². The lowest BCUT2D eigenvalue weighted by Gasteiger charge is -2.14. The highest BCUT2D eigenvalue weighted by Crippen LogP contribution is 2.30. The lowest BCUT2D eigenvalue weighted by molar-refractivity contribution is 0.0951. The molecule has 6 nitrogen and oxygen atoms in total. The Labute approximate surface area is 177 Å². The summed E-state index contributed by atoms with van der Waals surface area (Å²) in [4.78, 5) is 25.8. The van der Waals surface area contributed by atoms with Gasteiger partial charge in [0, 0.05) is 34.9 Å². The van der Waals surface area contributed by atoms with Gasteiger partial charge >= 0.3 is 0 Å². The van der Waals surface area contributed by atoms with E-state index in [1.165, 1.54) is 0 Å². The van der Waals surface area contributed by atoms with Crippen molar-refractivity contribution in [1.82, 2.24) is 20.3 Å². The second kappa shape index (κ2) is 8.84. The van der Waals surface area contributed by atoms with Crippen LogP contribution in [0.25, 0.3) is 22.3 Å². The summed E-state index contributed by atoms with van der Waals surface area (Å²) in [5, 5.41) is 7.01. The third-order valence-corrected chi connectivity index (χ3v) is 4.62. The van der Waals surface area contributed by atoms with Gasteiger partial charge in [0.05, 0.1) is 16.8 Å². The average Bonchev–Trinajstić information content (AvgIpc) is 2.78. The number of anilines is 2. The standard InChI is InChI=1S/C22H17ClFN5O/c23-15-7-8-19-17(12-15)21(29-20(27-19)14-4-3-10-25-13-14)28-18-6-2-1-5-16(18)22(30)26-11-9-24/h1-8,10,12-13H,9,11H2,(H,26,30)(H,27,28,29). The SMILES string of the molecule is O=C(NCCF)c1ccccc1Nc1nc(-c2cccnc2)nc2ccc(Cl)cc12. The molecule has 2 heterocycles. The van der Waals surface area contributed by atoms with Gasteiger partial charge in [0.25, 0.3) is 5.91 Å². The molecule has 0 unspecified atom stereocenters. The Bertz CT molecular complexity index is 1200. The number of rotatable bonds is 6. The molecule has 0 bridgehead atoms. The zero-order chi connectivity index (χ0) is 20.9. The molecule has 2 N–H and O–H groups in total. The van der Waals surface area contributed by atoms with Crippen LogP contribution < -0.4 is 10.6 Å². The molecule has 0 aliphatic heterocycles. The van der Waals surface area contributed by atoms with Crippen LogP contribution in [0, 0.1) is 0 Å². The van der Waals surface area contributed by atoms with Gasteiger partial charge in [-0.15, -0.1) is 0 Å². The molecule has 4 rings (SSSR count). The minimum absolute atomic E-state index is 0.0512. The summed E-state index contributed by atoms with van der Waals surface area (Å²) in [6.07, 6.45) is 3.36. The first-order valence-corrected chi connectivity index (χ1v) is 9.61. The Morgan fingerprint density at radius 1 is 1.07 bits per heavy atom. The predicted molar refractivity (Wildman–Crippen MR) is 116 cm³/mol. The van der Waals surface area contributed by atoms with Crippen molar-refractivity contribution in [2.45, 2.75) is 0 Å². The third-order valence-electron chi connectivity index (χ3n) is 4.38. The van der Waals surface area contributed by atoms with Gasteiger partial charge in [-0.3, -0.25) is 9.78 Å². The van der Waals surface area contributed by atoms with E-state index in [1.807, 2.05) is 18.2 Å². The van der Waals surface area contributed by atoms with E-state index in [0.29, 0.717) is 38.8 Å². The first kappa shape index (κ1) is 19.7. The van der Waals surface area contributed by atoms with Crippen molar-refractivity contribution in [3.05, 3.63) is 77.6 Å². The summed E-state index contributed by atoms with van der Waals surface area (Å²) in [6, 6.07) is 16.0. The van der Waals surface area contributed by atoms with Crippen molar-refractivity contribution in [2.24, 2.45) is 0 Å². The van der Waals surface area contributed by atoms with E-state index in [2.05, 4.69) is 25.6 Å². The zero-order valence-corrected chi connectivity index (χ0v) is 16.5. The van der Waals surface area contributed by atoms with E-state index in [-0.39, 0.29) is 12.5 Å². The molecular weight excluding hydrogens is 405 g/mol. The average molecular weight is 422 g/mol. The van der Waals surface area contributed by atoms with Crippen LogP contribution in [0.1, 0.15) is 10.4 Å². The smallest absolute Gasteiger partial charge is 0.253 e. The molecule has 0 atom stereocenters. The second-order valence-electron chi connectivity index (χ2n) is 6.41. The Hall–Kier alpha value is -3.58. The van der Waals surface area contributed by atoms with Crippen molar-refractivity contribution in [2.75, 3.05) is 18.5 Å². The summed E-state index contributed by atoms with van der Waals surface area (Å²) >= 11 is 6.20. The molecule has 0 spiro atoms. The minimum Gasteiger partial charge on any atom is -0.349 e. The van der Waals surface area contributed by atoms with Gasteiger partial charge in [-0.1, -0.05) is 23.7 Å². The molecule has 1 amide bonds. The molecule has 0 saturated carbocycles. The maximum Gasteiger partial charge on any atom is 0.253 e. The number of fused-ring (bicyclic) bond motifs is 1. The maximum atomic E-state index is 12.5. The lowest BCUT2D eigenvalue weighted by Crippen LogP contribution is -2.26. The second-order valence-corrected chi connectivity index (χ2v) is 6.85. The maximum absolute atomic E-state index is 12.5. The molecule has 0 radical (unpaired) electrons. The van der Waals surface area contributed by atoms with Gasteiger partial charge in [0.15, 0.2) is 5.82 Å². The highest BCUT2D eigenvalue weighted by molar-refractivity contribution is 6.31. The number of halogens is 2. The Morgan fingerprint density at radius 2 is 1.93 bits per heavy atom. The van der Waals surface area contributed by atoms with Crippen molar-refractivity contribution in [1.29, 1.82) is 0 Å². The molecule has 30 heavy (non-hydrogen) atoms. The summed E-state index contributed by atoms with van der Waals surface area (Å²) in [7, 11) is 0. The Balaban J connectivity index is 1.81. The summed E-state index contributed by atoms with van der Waals surface area (Å²) in [5.74, 6) is 0.603. The number of hydrogen-bond donors (Lipinski definition) is 2. The van der Waals surface area contributed by atoms with E-state index in [9.17, 15) is 9.18 Å². The van der Waals surface area contributed by atoms with Gasteiger partial charge in [0.2, 0.25) is 0 Å². The molecular formula is C22H17ClFN5O. The number of alkyl halides is 1. The first-order valence-electron chi connectivity index (χ1n) is 9.23. The van der Waals surface area contributed by atoms with Crippen LogP contribution in [0.2, 0.25) is 5.02 Å². The summed E-state index contributed by atoms with van der Waals surface area (Å²) in [5.41, 5.74) is 2.36. The number of carbonyl (C=O) groups excluding carboxylic acids is 1. The zero-order valence-electron chi connectivity index (χ0n) is 15.8. The first-order chi connectivity index (χ1) is 14.7. The normalized spacial score (nSPS) is 10.7. The summed E-state index contributed by atoms with van der Waals surface area (Å²) < 4.78 is 12.5. The fourth-order valence-electron chi connectivity index (χ4n) is 2.99. The van der Waals surface area contributed by atoms with Gasteiger partial charge in [-0.05, 0) is 42.5 Å². The molecule has 0 aliphatic rings. The van der Waals surface area contributed by atoms with E-state index < -0.39 is 6.67 Å².